The van der Waals surface area contributed by atoms with E-state index in [-0.39, 0.29) is 24.4 Å². The Balaban J connectivity index is 0.00000161. The first-order chi connectivity index (χ1) is 9.69. The first-order valence-corrected chi connectivity index (χ1v) is 7.51. The van der Waals surface area contributed by atoms with E-state index in [1.54, 1.807) is 0 Å². The van der Waals surface area contributed by atoms with Gasteiger partial charge in [-0.3, -0.25) is 4.79 Å². The van der Waals surface area contributed by atoms with Gasteiger partial charge in [0.1, 0.15) is 5.75 Å². The van der Waals surface area contributed by atoms with Crippen LogP contribution < -0.4 is 15.8 Å². The molecule has 3 rings (SSSR count). The van der Waals surface area contributed by atoms with Crippen molar-refractivity contribution in [1.82, 2.24) is 5.32 Å². The normalized spacial score (nSPS) is 23.2. The fraction of sp³-hybridized carbons (Fsp3) is 0.562. The Morgan fingerprint density at radius 3 is 2.71 bits per heavy atom. The number of nitrogens with two attached hydrogens (primary N) is 1. The average Bonchev–Trinajstić information content (AvgIpc) is 2.81. The molecule has 1 aromatic rings. The van der Waals surface area contributed by atoms with E-state index in [4.69, 9.17) is 10.5 Å². The van der Waals surface area contributed by atoms with Gasteiger partial charge in [-0.25, -0.2) is 0 Å². The maximum atomic E-state index is 12.5. The highest BCUT2D eigenvalue weighted by atomic mass is 35.5. The summed E-state index contributed by atoms with van der Waals surface area (Å²) in [6.45, 7) is 0.706. The predicted molar refractivity (Wildman–Crippen MR) is 84.7 cm³/mol. The first kappa shape index (κ1) is 16.1. The Labute approximate surface area is 131 Å². The lowest BCUT2D eigenvalue weighted by Gasteiger charge is -2.26. The van der Waals surface area contributed by atoms with Crippen LogP contribution in [0.3, 0.4) is 0 Å². The molecule has 1 aromatic carbocycles. The standard InChI is InChI=1S/C16H22N2O2.ClH/c17-16(9-3-4-10-16)15(19)18-13-7-5-11-20-14-8-2-1-6-12(13)14;/h1-2,6,8,13H,3-5,7,9-11,17H2,(H,18,19);1H. The molecule has 0 aromatic heterocycles. The number of hydrogen-bond acceptors (Lipinski definition) is 3. The lowest BCUT2D eigenvalue weighted by atomic mass is 9.95. The predicted octanol–water partition coefficient (Wildman–Crippen LogP) is 2.71. The van der Waals surface area contributed by atoms with E-state index < -0.39 is 5.54 Å². The number of fused-ring (bicyclic) bond motifs is 1. The van der Waals surface area contributed by atoms with Crippen LogP contribution in [0.25, 0.3) is 0 Å². The molecule has 1 heterocycles. The molecule has 21 heavy (non-hydrogen) atoms. The van der Waals surface area contributed by atoms with Crippen LogP contribution in [-0.4, -0.2) is 18.1 Å². The van der Waals surface area contributed by atoms with Gasteiger partial charge in [-0.15, -0.1) is 12.4 Å². The first-order valence-electron chi connectivity index (χ1n) is 7.51. The van der Waals surface area contributed by atoms with E-state index in [0.717, 1.165) is 49.8 Å². The highest BCUT2D eigenvalue weighted by Gasteiger charge is 2.38. The van der Waals surface area contributed by atoms with E-state index in [0.29, 0.717) is 6.61 Å². The second kappa shape index (κ2) is 6.67. The largest absolute Gasteiger partial charge is 0.493 e. The van der Waals surface area contributed by atoms with Gasteiger partial charge in [-0.1, -0.05) is 31.0 Å². The van der Waals surface area contributed by atoms with Crippen LogP contribution in [0.4, 0.5) is 0 Å². The van der Waals surface area contributed by atoms with Crippen LogP contribution in [-0.2, 0) is 4.79 Å². The number of benzene rings is 1. The Morgan fingerprint density at radius 1 is 1.24 bits per heavy atom. The molecule has 1 aliphatic heterocycles. The molecule has 0 spiro atoms. The van der Waals surface area contributed by atoms with Gasteiger partial charge in [-0.2, -0.15) is 0 Å². The highest BCUT2D eigenvalue weighted by molar-refractivity contribution is 5.86. The topological polar surface area (TPSA) is 64.4 Å². The summed E-state index contributed by atoms with van der Waals surface area (Å²) >= 11 is 0. The summed E-state index contributed by atoms with van der Waals surface area (Å²) in [5.41, 5.74) is 6.64. The van der Waals surface area contributed by atoms with Crippen molar-refractivity contribution in [3.63, 3.8) is 0 Å². The molecule has 2 aliphatic rings. The lowest BCUT2D eigenvalue weighted by Crippen LogP contribution is -2.52. The molecule has 1 saturated carbocycles. The van der Waals surface area contributed by atoms with Crippen molar-refractivity contribution in [2.75, 3.05) is 6.61 Å². The number of nitrogens with one attached hydrogen (secondary N) is 1. The number of hydrogen-bond donors (Lipinski definition) is 2. The van der Waals surface area contributed by atoms with Gasteiger partial charge in [0.05, 0.1) is 18.2 Å². The van der Waals surface area contributed by atoms with Crippen LogP contribution in [0.15, 0.2) is 24.3 Å². The third kappa shape index (κ3) is 3.33. The molecule has 4 nitrogen and oxygen atoms in total. The Hall–Kier alpha value is -1.26. The zero-order valence-electron chi connectivity index (χ0n) is 12.1. The summed E-state index contributed by atoms with van der Waals surface area (Å²) in [5.74, 6) is 0.879. The highest BCUT2D eigenvalue weighted by Crippen LogP contribution is 2.33. The van der Waals surface area contributed by atoms with Crippen LogP contribution in [0.5, 0.6) is 5.75 Å². The van der Waals surface area contributed by atoms with E-state index in [1.807, 2.05) is 24.3 Å². The summed E-state index contributed by atoms with van der Waals surface area (Å²) in [7, 11) is 0. The van der Waals surface area contributed by atoms with Crippen LogP contribution in [0.1, 0.15) is 50.1 Å². The van der Waals surface area contributed by atoms with E-state index in [9.17, 15) is 4.79 Å². The van der Waals surface area contributed by atoms with Gasteiger partial charge in [0.25, 0.3) is 0 Å². The molecular formula is C16H23ClN2O2. The molecule has 1 atom stereocenters. The second-order valence-corrected chi connectivity index (χ2v) is 5.92. The molecule has 1 aliphatic carbocycles. The number of halogens is 1. The maximum Gasteiger partial charge on any atom is 0.240 e. The zero-order chi connectivity index (χ0) is 14.0. The molecular weight excluding hydrogens is 288 g/mol. The number of rotatable bonds is 2. The fourth-order valence-corrected chi connectivity index (χ4v) is 3.21. The Morgan fingerprint density at radius 2 is 1.95 bits per heavy atom. The van der Waals surface area contributed by atoms with Crippen molar-refractivity contribution in [3.05, 3.63) is 29.8 Å². The molecule has 3 N–H and O–H groups in total. The number of carbonyl (C=O) groups excluding carboxylic acids is 1. The minimum atomic E-state index is -0.665. The third-order valence-electron chi connectivity index (χ3n) is 4.44. The van der Waals surface area contributed by atoms with Crippen LogP contribution >= 0.6 is 12.4 Å². The van der Waals surface area contributed by atoms with Gasteiger partial charge >= 0.3 is 0 Å². The number of para-hydroxylation sites is 1. The van der Waals surface area contributed by atoms with Crippen molar-refractivity contribution in [1.29, 1.82) is 0 Å². The summed E-state index contributed by atoms with van der Waals surface area (Å²) in [4.78, 5) is 12.5. The molecule has 0 radical (unpaired) electrons. The van der Waals surface area contributed by atoms with Crippen LogP contribution in [0, 0.1) is 0 Å². The summed E-state index contributed by atoms with van der Waals surface area (Å²) in [5, 5.41) is 3.15. The van der Waals surface area contributed by atoms with E-state index >= 15 is 0 Å². The second-order valence-electron chi connectivity index (χ2n) is 5.92. The van der Waals surface area contributed by atoms with Crippen molar-refractivity contribution in [2.45, 2.75) is 50.1 Å². The summed E-state index contributed by atoms with van der Waals surface area (Å²) in [6.07, 6.45) is 5.53. The van der Waals surface area contributed by atoms with Crippen molar-refractivity contribution < 1.29 is 9.53 Å². The number of carbonyl (C=O) groups is 1. The SMILES string of the molecule is Cl.NC1(C(=O)NC2CCCOc3ccccc32)CCCC1. The maximum absolute atomic E-state index is 12.5. The quantitative estimate of drug-likeness (QED) is 0.882. The molecule has 0 bridgehead atoms. The third-order valence-corrected chi connectivity index (χ3v) is 4.44. The Bertz CT molecular complexity index is 501. The van der Waals surface area contributed by atoms with Gasteiger partial charge in [-0.05, 0) is 31.7 Å². The fourth-order valence-electron chi connectivity index (χ4n) is 3.21. The van der Waals surface area contributed by atoms with Crippen LogP contribution in [0.2, 0.25) is 0 Å². The molecule has 1 unspecified atom stereocenters. The minimum absolute atomic E-state index is 0. The summed E-state index contributed by atoms with van der Waals surface area (Å²) in [6, 6.07) is 7.96. The van der Waals surface area contributed by atoms with Gasteiger partial charge < -0.3 is 15.8 Å². The molecule has 1 fully saturated rings. The van der Waals surface area contributed by atoms with E-state index in [1.165, 1.54) is 0 Å². The van der Waals surface area contributed by atoms with Crippen molar-refractivity contribution >= 4 is 18.3 Å². The van der Waals surface area contributed by atoms with Gasteiger partial charge in [0.15, 0.2) is 0 Å². The summed E-state index contributed by atoms with van der Waals surface area (Å²) < 4.78 is 5.73. The molecule has 116 valence electrons. The zero-order valence-corrected chi connectivity index (χ0v) is 13.0. The van der Waals surface area contributed by atoms with Crippen molar-refractivity contribution in [3.8, 4) is 5.75 Å². The van der Waals surface area contributed by atoms with Crippen molar-refractivity contribution in [2.24, 2.45) is 5.73 Å². The minimum Gasteiger partial charge on any atom is -0.493 e. The number of ether oxygens (including phenoxy) is 1. The Kier molecular flexibility index (Phi) is 5.12. The monoisotopic (exact) mass is 310 g/mol. The van der Waals surface area contributed by atoms with Gasteiger partial charge in [0, 0.05) is 5.56 Å². The van der Waals surface area contributed by atoms with E-state index in [2.05, 4.69) is 5.32 Å². The molecule has 0 saturated heterocycles. The molecule has 5 heteroatoms. The molecule has 1 amide bonds. The lowest BCUT2D eigenvalue weighted by molar-refractivity contribution is -0.127. The average molecular weight is 311 g/mol. The van der Waals surface area contributed by atoms with Gasteiger partial charge in [0.2, 0.25) is 5.91 Å². The smallest absolute Gasteiger partial charge is 0.240 e. The number of amides is 1.